The zero-order chi connectivity index (χ0) is 12.3. The maximum atomic E-state index is 11.7. The molecule has 0 radical (unpaired) electrons. The second kappa shape index (κ2) is 5.32. The van der Waals surface area contributed by atoms with E-state index in [1.165, 1.54) is 0 Å². The Morgan fingerprint density at radius 1 is 1.56 bits per heavy atom. The molecule has 1 fully saturated rings. The predicted molar refractivity (Wildman–Crippen MR) is 58.6 cm³/mol. The van der Waals surface area contributed by atoms with Crippen LogP contribution in [0.3, 0.4) is 0 Å². The summed E-state index contributed by atoms with van der Waals surface area (Å²) in [6.07, 6.45) is -0.0255. The molecular formula is C12H20O4. The van der Waals surface area contributed by atoms with Gasteiger partial charge in [-0.1, -0.05) is 20.8 Å². The molecule has 3 atom stereocenters. The highest BCUT2D eigenvalue weighted by molar-refractivity contribution is 5.82. The van der Waals surface area contributed by atoms with E-state index in [9.17, 15) is 9.59 Å². The first-order chi connectivity index (χ1) is 7.47. The summed E-state index contributed by atoms with van der Waals surface area (Å²) >= 11 is 0. The molecule has 1 heterocycles. The lowest BCUT2D eigenvalue weighted by atomic mass is 9.82. The first kappa shape index (κ1) is 13.0. The lowest BCUT2D eigenvalue weighted by Gasteiger charge is -2.33. The first-order valence-electron chi connectivity index (χ1n) is 5.84. The molecule has 0 bridgehead atoms. The standard InChI is InChI=1S/C12H20O4/c1-5-15-12(14)10-8(4)6-9(7(2)3)11(13)16-10/h7-10H,5-6H2,1-4H3/t8-,9-,10+/m0/s1. The molecule has 0 aromatic carbocycles. The molecule has 0 saturated carbocycles. The molecule has 4 heteroatoms. The molecule has 1 aliphatic rings. The van der Waals surface area contributed by atoms with E-state index in [0.717, 1.165) is 0 Å². The van der Waals surface area contributed by atoms with E-state index in [0.29, 0.717) is 13.0 Å². The second-order valence-corrected chi connectivity index (χ2v) is 4.67. The normalized spacial score (nSPS) is 30.1. The van der Waals surface area contributed by atoms with Crippen LogP contribution in [0.15, 0.2) is 0 Å². The molecule has 1 aliphatic heterocycles. The third-order valence-corrected chi connectivity index (χ3v) is 3.01. The van der Waals surface area contributed by atoms with Gasteiger partial charge in [0.2, 0.25) is 6.10 Å². The Morgan fingerprint density at radius 3 is 2.69 bits per heavy atom. The molecule has 0 aliphatic carbocycles. The SMILES string of the molecule is CCOC(=O)[C@@H]1OC(=O)[C@H](C(C)C)C[C@@H]1C. The summed E-state index contributed by atoms with van der Waals surface area (Å²) in [5.74, 6) is -0.514. The van der Waals surface area contributed by atoms with E-state index >= 15 is 0 Å². The fraction of sp³-hybridized carbons (Fsp3) is 0.833. The Kier molecular flexibility index (Phi) is 4.33. The first-order valence-corrected chi connectivity index (χ1v) is 5.84. The van der Waals surface area contributed by atoms with Crippen molar-refractivity contribution >= 4 is 11.9 Å². The Morgan fingerprint density at radius 2 is 2.19 bits per heavy atom. The largest absolute Gasteiger partial charge is 0.463 e. The van der Waals surface area contributed by atoms with Crippen molar-refractivity contribution in [3.05, 3.63) is 0 Å². The van der Waals surface area contributed by atoms with Crippen LogP contribution in [0.25, 0.3) is 0 Å². The minimum Gasteiger partial charge on any atom is -0.463 e. The fourth-order valence-corrected chi connectivity index (χ4v) is 2.00. The van der Waals surface area contributed by atoms with Crippen LogP contribution in [0.4, 0.5) is 0 Å². The van der Waals surface area contributed by atoms with Crippen LogP contribution in [0, 0.1) is 17.8 Å². The summed E-state index contributed by atoms with van der Waals surface area (Å²) in [7, 11) is 0. The molecule has 0 N–H and O–H groups in total. The van der Waals surface area contributed by atoms with Gasteiger partial charge in [0.05, 0.1) is 12.5 Å². The Labute approximate surface area is 96.3 Å². The molecule has 0 aromatic heterocycles. The van der Waals surface area contributed by atoms with Gasteiger partial charge in [-0.2, -0.15) is 0 Å². The maximum absolute atomic E-state index is 11.7. The predicted octanol–water partition coefficient (Wildman–Crippen LogP) is 1.77. The Hall–Kier alpha value is -1.06. The lowest BCUT2D eigenvalue weighted by molar-refractivity contribution is -0.182. The van der Waals surface area contributed by atoms with E-state index in [2.05, 4.69) is 0 Å². The smallest absolute Gasteiger partial charge is 0.347 e. The van der Waals surface area contributed by atoms with Crippen LogP contribution >= 0.6 is 0 Å². The minimum atomic E-state index is -0.720. The van der Waals surface area contributed by atoms with Crippen molar-refractivity contribution in [3.8, 4) is 0 Å². The van der Waals surface area contributed by atoms with E-state index in [1.54, 1.807) is 6.92 Å². The van der Waals surface area contributed by atoms with Gasteiger partial charge in [-0.05, 0) is 19.3 Å². The number of hydrogen-bond acceptors (Lipinski definition) is 4. The van der Waals surface area contributed by atoms with E-state index in [1.807, 2.05) is 20.8 Å². The van der Waals surface area contributed by atoms with Crippen molar-refractivity contribution in [2.45, 2.75) is 40.2 Å². The van der Waals surface area contributed by atoms with Crippen molar-refractivity contribution in [3.63, 3.8) is 0 Å². The van der Waals surface area contributed by atoms with Gasteiger partial charge in [0.25, 0.3) is 0 Å². The summed E-state index contributed by atoms with van der Waals surface area (Å²) < 4.78 is 10.1. The molecule has 4 nitrogen and oxygen atoms in total. The molecule has 0 aromatic rings. The van der Waals surface area contributed by atoms with Crippen molar-refractivity contribution in [2.75, 3.05) is 6.61 Å². The third kappa shape index (κ3) is 2.74. The van der Waals surface area contributed by atoms with Gasteiger partial charge < -0.3 is 9.47 Å². The minimum absolute atomic E-state index is 0.0316. The van der Waals surface area contributed by atoms with Gasteiger partial charge >= 0.3 is 11.9 Å². The Bertz CT molecular complexity index is 272. The molecule has 16 heavy (non-hydrogen) atoms. The summed E-state index contributed by atoms with van der Waals surface area (Å²) in [6.45, 7) is 7.95. The highest BCUT2D eigenvalue weighted by atomic mass is 16.6. The van der Waals surface area contributed by atoms with E-state index in [-0.39, 0.29) is 23.7 Å². The molecule has 0 amide bonds. The number of carbonyl (C=O) groups excluding carboxylic acids is 2. The molecular weight excluding hydrogens is 208 g/mol. The van der Waals surface area contributed by atoms with Crippen LogP contribution in [-0.2, 0) is 19.1 Å². The van der Waals surface area contributed by atoms with Gasteiger partial charge in [-0.15, -0.1) is 0 Å². The van der Waals surface area contributed by atoms with Crippen molar-refractivity contribution in [1.29, 1.82) is 0 Å². The summed E-state index contributed by atoms with van der Waals surface area (Å²) in [6, 6.07) is 0. The molecule has 0 unspecified atom stereocenters. The highest BCUT2D eigenvalue weighted by Gasteiger charge is 2.41. The molecule has 92 valence electrons. The van der Waals surface area contributed by atoms with Gasteiger partial charge in [-0.3, -0.25) is 4.79 Å². The van der Waals surface area contributed by atoms with Gasteiger partial charge in [0.15, 0.2) is 0 Å². The second-order valence-electron chi connectivity index (χ2n) is 4.67. The quantitative estimate of drug-likeness (QED) is 0.691. The summed E-state index contributed by atoms with van der Waals surface area (Å²) in [5.41, 5.74) is 0. The highest BCUT2D eigenvalue weighted by Crippen LogP contribution is 2.31. The van der Waals surface area contributed by atoms with Crippen molar-refractivity contribution in [2.24, 2.45) is 17.8 Å². The number of esters is 2. The molecule has 0 spiro atoms. The van der Waals surface area contributed by atoms with Crippen LogP contribution in [0.1, 0.15) is 34.1 Å². The lowest BCUT2D eigenvalue weighted by Crippen LogP contribution is -2.44. The van der Waals surface area contributed by atoms with Gasteiger partial charge in [-0.25, -0.2) is 4.79 Å². The Balaban J connectivity index is 2.66. The number of hydrogen-bond donors (Lipinski definition) is 0. The van der Waals surface area contributed by atoms with Crippen LogP contribution in [0.2, 0.25) is 0 Å². The number of carbonyl (C=O) groups is 2. The number of rotatable bonds is 3. The van der Waals surface area contributed by atoms with E-state index in [4.69, 9.17) is 9.47 Å². The van der Waals surface area contributed by atoms with Crippen molar-refractivity contribution in [1.82, 2.24) is 0 Å². The van der Waals surface area contributed by atoms with Crippen LogP contribution in [0.5, 0.6) is 0 Å². The summed E-state index contributed by atoms with van der Waals surface area (Å²) in [4.78, 5) is 23.2. The fourth-order valence-electron chi connectivity index (χ4n) is 2.00. The molecule has 1 saturated heterocycles. The van der Waals surface area contributed by atoms with Crippen LogP contribution in [-0.4, -0.2) is 24.6 Å². The number of ether oxygens (including phenoxy) is 2. The monoisotopic (exact) mass is 228 g/mol. The van der Waals surface area contributed by atoms with Gasteiger partial charge in [0.1, 0.15) is 0 Å². The van der Waals surface area contributed by atoms with Crippen molar-refractivity contribution < 1.29 is 19.1 Å². The number of cyclic esters (lactones) is 1. The summed E-state index contributed by atoms with van der Waals surface area (Å²) in [5, 5.41) is 0. The average Bonchev–Trinajstić information content (AvgIpc) is 2.20. The maximum Gasteiger partial charge on any atom is 0.347 e. The van der Waals surface area contributed by atoms with Gasteiger partial charge in [0, 0.05) is 5.92 Å². The zero-order valence-corrected chi connectivity index (χ0v) is 10.4. The average molecular weight is 228 g/mol. The third-order valence-electron chi connectivity index (χ3n) is 3.01. The zero-order valence-electron chi connectivity index (χ0n) is 10.4. The molecule has 1 rings (SSSR count). The topological polar surface area (TPSA) is 52.6 Å². The van der Waals surface area contributed by atoms with Crippen LogP contribution < -0.4 is 0 Å². The van der Waals surface area contributed by atoms with E-state index < -0.39 is 12.1 Å².